The molecule has 0 spiro atoms. The van der Waals surface area contributed by atoms with Gasteiger partial charge in [0.05, 0.1) is 0 Å². The van der Waals surface area contributed by atoms with Crippen molar-refractivity contribution < 1.29 is 18.7 Å². The Hall–Kier alpha value is -1.19. The third-order valence-electron chi connectivity index (χ3n) is 8.19. The van der Waals surface area contributed by atoms with Gasteiger partial charge in [0.1, 0.15) is 6.10 Å². The molecule has 0 aromatic heterocycles. The van der Waals surface area contributed by atoms with Gasteiger partial charge in [0, 0.05) is 12.3 Å². The van der Waals surface area contributed by atoms with E-state index in [1.54, 1.807) is 6.08 Å². The summed E-state index contributed by atoms with van der Waals surface area (Å²) in [5, 5.41) is 0. The van der Waals surface area contributed by atoms with Crippen LogP contribution in [0.5, 0.6) is 0 Å². The topological polar surface area (TPSA) is 43.4 Å². The van der Waals surface area contributed by atoms with Gasteiger partial charge in [0.25, 0.3) is 0 Å². The van der Waals surface area contributed by atoms with Gasteiger partial charge in [0.2, 0.25) is 0 Å². The average Bonchev–Trinajstić information content (AvgIpc) is 2.85. The lowest BCUT2D eigenvalue weighted by Crippen LogP contribution is -2.52. The minimum Gasteiger partial charge on any atom is -0.462 e. The molecule has 0 aromatic rings. The molecular formula is C21H29FO3. The fourth-order valence-electron chi connectivity index (χ4n) is 6.93. The van der Waals surface area contributed by atoms with Crippen molar-refractivity contribution in [2.45, 2.75) is 78.0 Å². The van der Waals surface area contributed by atoms with E-state index in [4.69, 9.17) is 4.74 Å². The molecule has 1 unspecified atom stereocenters. The summed E-state index contributed by atoms with van der Waals surface area (Å²) >= 11 is 0. The van der Waals surface area contributed by atoms with Crippen LogP contribution in [0.2, 0.25) is 0 Å². The predicted molar refractivity (Wildman–Crippen MR) is 92.5 cm³/mol. The van der Waals surface area contributed by atoms with Gasteiger partial charge in [-0.1, -0.05) is 19.4 Å². The van der Waals surface area contributed by atoms with Gasteiger partial charge in [-0.3, -0.25) is 9.59 Å². The molecule has 0 amide bonds. The van der Waals surface area contributed by atoms with E-state index in [9.17, 15) is 14.0 Å². The summed E-state index contributed by atoms with van der Waals surface area (Å²) in [5.41, 5.74) is 1.08. The van der Waals surface area contributed by atoms with Gasteiger partial charge in [-0.25, -0.2) is 4.39 Å². The van der Waals surface area contributed by atoms with E-state index >= 15 is 0 Å². The van der Waals surface area contributed by atoms with Gasteiger partial charge in [-0.2, -0.15) is 0 Å². The Morgan fingerprint density at radius 1 is 1.20 bits per heavy atom. The second kappa shape index (κ2) is 5.65. The van der Waals surface area contributed by atoms with Crippen molar-refractivity contribution in [3.63, 3.8) is 0 Å². The van der Waals surface area contributed by atoms with Crippen LogP contribution in [0.25, 0.3) is 0 Å². The van der Waals surface area contributed by atoms with Crippen LogP contribution < -0.4 is 0 Å². The van der Waals surface area contributed by atoms with Gasteiger partial charge in [-0.05, 0) is 74.2 Å². The number of ketones is 1. The first-order valence-electron chi connectivity index (χ1n) is 9.82. The highest BCUT2D eigenvalue weighted by atomic mass is 19.1. The third-order valence-corrected chi connectivity index (χ3v) is 8.19. The number of carbonyl (C=O) groups excluding carboxylic acids is 2. The normalized spacial score (nSPS) is 48.9. The van der Waals surface area contributed by atoms with E-state index in [0.717, 1.165) is 38.5 Å². The second-order valence-electron chi connectivity index (χ2n) is 9.30. The Morgan fingerprint density at radius 3 is 2.68 bits per heavy atom. The Labute approximate surface area is 149 Å². The number of alkyl halides is 1. The van der Waals surface area contributed by atoms with Crippen LogP contribution in [-0.2, 0) is 14.3 Å². The zero-order valence-electron chi connectivity index (χ0n) is 15.5. The molecule has 0 aromatic carbocycles. The van der Waals surface area contributed by atoms with E-state index in [1.165, 1.54) is 12.5 Å². The number of fused-ring (bicyclic) bond motifs is 5. The lowest BCUT2D eigenvalue weighted by molar-refractivity contribution is -0.157. The molecular weight excluding hydrogens is 319 g/mol. The zero-order chi connectivity index (χ0) is 18.0. The number of hydrogen-bond donors (Lipinski definition) is 0. The quantitative estimate of drug-likeness (QED) is 0.660. The largest absolute Gasteiger partial charge is 0.462 e. The highest BCUT2D eigenvalue weighted by Gasteiger charge is 2.60. The minimum absolute atomic E-state index is 0.0301. The molecule has 0 bridgehead atoms. The van der Waals surface area contributed by atoms with Crippen molar-refractivity contribution >= 4 is 11.8 Å². The number of ether oxygens (including phenoxy) is 1. The van der Waals surface area contributed by atoms with E-state index in [1.807, 2.05) is 0 Å². The first kappa shape index (κ1) is 17.2. The highest BCUT2D eigenvalue weighted by Crippen LogP contribution is 2.65. The molecule has 4 heteroatoms. The predicted octanol–water partition coefficient (Wildman–Crippen LogP) is 4.40. The molecule has 3 nitrogen and oxygen atoms in total. The molecule has 0 radical (unpaired) electrons. The van der Waals surface area contributed by atoms with Gasteiger partial charge >= 0.3 is 5.97 Å². The Kier molecular flexibility index (Phi) is 3.90. The zero-order valence-corrected chi connectivity index (χ0v) is 15.5. The number of rotatable bonds is 1. The standard InChI is InChI=1S/C21H29FO3/c1-12(23)25-19-7-6-15-14-5-4-13-10-18(24)17(22)11-21(13,3)16(14)8-9-20(15,19)2/h10,14-17,19H,4-9,11H2,1-3H3/t14-,15-,16-,17?,19-,20-,21-/m0/s1. The van der Waals surface area contributed by atoms with Crippen molar-refractivity contribution in [3.8, 4) is 0 Å². The summed E-state index contributed by atoms with van der Waals surface area (Å²) in [6.07, 6.45) is 6.81. The van der Waals surface area contributed by atoms with Gasteiger partial charge < -0.3 is 4.74 Å². The summed E-state index contributed by atoms with van der Waals surface area (Å²) in [7, 11) is 0. The highest BCUT2D eigenvalue weighted by molar-refractivity contribution is 5.95. The third kappa shape index (κ3) is 2.43. The Balaban J connectivity index is 1.63. The molecule has 7 atom stereocenters. The van der Waals surface area contributed by atoms with Crippen LogP contribution >= 0.6 is 0 Å². The molecule has 4 rings (SSSR count). The average molecular weight is 348 g/mol. The van der Waals surface area contributed by atoms with E-state index in [-0.39, 0.29) is 28.7 Å². The molecule has 0 aliphatic heterocycles. The van der Waals surface area contributed by atoms with Gasteiger partial charge in [-0.15, -0.1) is 0 Å². The Morgan fingerprint density at radius 2 is 1.96 bits per heavy atom. The molecule has 0 heterocycles. The number of hydrogen-bond acceptors (Lipinski definition) is 3. The smallest absolute Gasteiger partial charge is 0.302 e. The van der Waals surface area contributed by atoms with Crippen molar-refractivity contribution in [2.24, 2.45) is 28.6 Å². The molecule has 3 fully saturated rings. The van der Waals surface area contributed by atoms with Crippen molar-refractivity contribution in [3.05, 3.63) is 11.6 Å². The summed E-state index contributed by atoms with van der Waals surface area (Å²) in [4.78, 5) is 23.3. The Bertz CT molecular complexity index is 641. The van der Waals surface area contributed by atoms with E-state index < -0.39 is 6.17 Å². The fourth-order valence-corrected chi connectivity index (χ4v) is 6.93. The van der Waals surface area contributed by atoms with Crippen LogP contribution in [0.1, 0.15) is 65.7 Å². The SMILES string of the molecule is CC(=O)O[C@H]1CC[C@H]2[C@@H]3CCC4=CC(=O)C(F)C[C@]4(C)[C@H]3CC[C@]12C. The van der Waals surface area contributed by atoms with Crippen LogP contribution in [0.15, 0.2) is 11.6 Å². The molecule has 25 heavy (non-hydrogen) atoms. The first-order chi connectivity index (χ1) is 11.8. The van der Waals surface area contributed by atoms with E-state index in [0.29, 0.717) is 24.2 Å². The number of halogens is 1. The summed E-state index contributed by atoms with van der Waals surface area (Å²) in [6, 6.07) is 0. The molecule has 138 valence electrons. The molecule has 0 N–H and O–H groups in total. The lowest BCUT2D eigenvalue weighted by Gasteiger charge is -2.58. The first-order valence-corrected chi connectivity index (χ1v) is 9.82. The monoisotopic (exact) mass is 348 g/mol. The number of esters is 1. The molecule has 3 saturated carbocycles. The van der Waals surface area contributed by atoms with Crippen LogP contribution in [-0.4, -0.2) is 24.0 Å². The fraction of sp³-hybridized carbons (Fsp3) is 0.810. The van der Waals surface area contributed by atoms with Crippen molar-refractivity contribution in [2.75, 3.05) is 0 Å². The van der Waals surface area contributed by atoms with Crippen LogP contribution in [0.3, 0.4) is 0 Å². The summed E-state index contributed by atoms with van der Waals surface area (Å²) in [5.74, 6) is 1.04. The van der Waals surface area contributed by atoms with Crippen LogP contribution in [0.4, 0.5) is 4.39 Å². The molecule has 0 saturated heterocycles. The second-order valence-corrected chi connectivity index (χ2v) is 9.30. The maximum absolute atomic E-state index is 14.2. The van der Waals surface area contributed by atoms with Crippen molar-refractivity contribution in [1.82, 2.24) is 0 Å². The van der Waals surface area contributed by atoms with Crippen molar-refractivity contribution in [1.29, 1.82) is 0 Å². The maximum atomic E-state index is 14.2. The summed E-state index contributed by atoms with van der Waals surface area (Å²) in [6.45, 7) is 5.99. The number of allylic oxidation sites excluding steroid dienone is 1. The lowest BCUT2D eigenvalue weighted by atomic mass is 9.47. The van der Waals surface area contributed by atoms with Gasteiger partial charge in [0.15, 0.2) is 12.0 Å². The number of carbonyl (C=O) groups is 2. The molecule has 4 aliphatic rings. The van der Waals surface area contributed by atoms with E-state index in [2.05, 4.69) is 13.8 Å². The maximum Gasteiger partial charge on any atom is 0.302 e. The minimum atomic E-state index is -1.34. The summed E-state index contributed by atoms with van der Waals surface area (Å²) < 4.78 is 19.9. The van der Waals surface area contributed by atoms with Crippen LogP contribution in [0, 0.1) is 28.6 Å². The molecule has 4 aliphatic carbocycles.